The van der Waals surface area contributed by atoms with E-state index in [1.165, 1.54) is 0 Å². The van der Waals surface area contributed by atoms with Gasteiger partial charge >= 0.3 is 0 Å². The summed E-state index contributed by atoms with van der Waals surface area (Å²) >= 11 is 3.37. The predicted molar refractivity (Wildman–Crippen MR) is 117 cm³/mol. The molecule has 0 fully saturated rings. The maximum atomic E-state index is 10.3. The van der Waals surface area contributed by atoms with Crippen LogP contribution in [0.25, 0.3) is 11.3 Å². The van der Waals surface area contributed by atoms with Gasteiger partial charge in [0, 0.05) is 5.56 Å². The van der Waals surface area contributed by atoms with E-state index in [1.54, 1.807) is 19.2 Å². The third kappa shape index (κ3) is 3.55. The number of aromatic hydroxyl groups is 1. The first-order valence-electron chi connectivity index (χ1n) is 9.43. The molecule has 4 rings (SSSR count). The summed E-state index contributed by atoms with van der Waals surface area (Å²) in [6.07, 6.45) is 0. The van der Waals surface area contributed by atoms with Crippen LogP contribution in [0.5, 0.6) is 23.1 Å². The lowest BCUT2D eigenvalue weighted by atomic mass is 9.83. The SMILES string of the molecule is CCOc1cc([C@@H]2C(C#N)=C(N)Oc3n[nH]c(-c4cccc(OC)c4)c32)cc(Br)c1O. The summed E-state index contributed by atoms with van der Waals surface area (Å²) in [7, 11) is 1.59. The number of aromatic nitrogens is 2. The van der Waals surface area contributed by atoms with Crippen LogP contribution in [-0.2, 0) is 0 Å². The number of nitrogens with two attached hydrogens (primary N) is 1. The van der Waals surface area contributed by atoms with Crippen molar-refractivity contribution in [3.63, 3.8) is 0 Å². The quantitative estimate of drug-likeness (QED) is 0.497. The lowest BCUT2D eigenvalue weighted by Crippen LogP contribution is -2.21. The first-order valence-corrected chi connectivity index (χ1v) is 10.2. The van der Waals surface area contributed by atoms with Crippen LogP contribution >= 0.6 is 15.9 Å². The molecule has 0 radical (unpaired) electrons. The van der Waals surface area contributed by atoms with Crippen LogP contribution in [0, 0.1) is 11.3 Å². The number of fused-ring (bicyclic) bond motifs is 1. The summed E-state index contributed by atoms with van der Waals surface area (Å²) in [6, 6.07) is 13.0. The molecule has 2 aromatic carbocycles. The molecule has 3 aromatic rings. The normalized spacial score (nSPS) is 15.1. The van der Waals surface area contributed by atoms with Gasteiger partial charge in [-0.1, -0.05) is 12.1 Å². The number of nitriles is 1. The van der Waals surface area contributed by atoms with Gasteiger partial charge in [-0.15, -0.1) is 5.10 Å². The molecule has 0 saturated carbocycles. The van der Waals surface area contributed by atoms with Crippen LogP contribution in [-0.4, -0.2) is 29.0 Å². The van der Waals surface area contributed by atoms with E-state index in [2.05, 4.69) is 32.2 Å². The fraction of sp³-hybridized carbons (Fsp3) is 0.182. The van der Waals surface area contributed by atoms with Crippen molar-refractivity contribution < 1.29 is 19.3 Å². The van der Waals surface area contributed by atoms with Gasteiger partial charge in [0.1, 0.15) is 17.4 Å². The highest BCUT2D eigenvalue weighted by Crippen LogP contribution is 2.48. The number of allylic oxidation sites excluding steroid dienone is 1. The molecule has 0 bridgehead atoms. The number of methoxy groups -OCH3 is 1. The van der Waals surface area contributed by atoms with E-state index in [-0.39, 0.29) is 23.1 Å². The zero-order valence-electron chi connectivity index (χ0n) is 16.8. The van der Waals surface area contributed by atoms with Gasteiger partial charge in [-0.25, -0.2) is 0 Å². The van der Waals surface area contributed by atoms with Crippen molar-refractivity contribution in [2.24, 2.45) is 5.73 Å². The largest absolute Gasteiger partial charge is 0.503 e. The molecule has 1 aromatic heterocycles. The molecule has 2 heterocycles. The smallest absolute Gasteiger partial charge is 0.244 e. The first-order chi connectivity index (χ1) is 15.0. The number of ether oxygens (including phenoxy) is 3. The Balaban J connectivity index is 1.95. The second-order valence-corrected chi connectivity index (χ2v) is 7.61. The Bertz CT molecular complexity index is 1230. The summed E-state index contributed by atoms with van der Waals surface area (Å²) in [6.45, 7) is 2.19. The fourth-order valence-electron chi connectivity index (χ4n) is 3.60. The molecule has 0 unspecified atom stereocenters. The Kier molecular flexibility index (Phi) is 5.48. The van der Waals surface area contributed by atoms with Gasteiger partial charge in [0.05, 0.1) is 35.4 Å². The number of H-pyrrole nitrogens is 1. The lowest BCUT2D eigenvalue weighted by molar-refractivity contribution is 0.316. The minimum Gasteiger partial charge on any atom is -0.503 e. The Morgan fingerprint density at radius 2 is 2.16 bits per heavy atom. The Morgan fingerprint density at radius 1 is 1.35 bits per heavy atom. The number of benzene rings is 2. The number of halogens is 1. The third-order valence-electron chi connectivity index (χ3n) is 4.98. The van der Waals surface area contributed by atoms with Crippen LogP contribution in [0.4, 0.5) is 0 Å². The van der Waals surface area contributed by atoms with Crippen molar-refractivity contribution in [2.75, 3.05) is 13.7 Å². The average Bonchev–Trinajstić information content (AvgIpc) is 3.19. The minimum absolute atomic E-state index is 0.0199. The van der Waals surface area contributed by atoms with Crippen molar-refractivity contribution in [1.82, 2.24) is 10.2 Å². The van der Waals surface area contributed by atoms with Crippen molar-refractivity contribution in [1.29, 1.82) is 5.26 Å². The summed E-state index contributed by atoms with van der Waals surface area (Å²) in [5.41, 5.74) is 9.10. The first kappa shape index (κ1) is 20.6. The highest BCUT2D eigenvalue weighted by Gasteiger charge is 2.36. The molecule has 0 amide bonds. The van der Waals surface area contributed by atoms with Crippen LogP contribution in [0.1, 0.15) is 24.0 Å². The molecule has 31 heavy (non-hydrogen) atoms. The average molecular weight is 483 g/mol. The van der Waals surface area contributed by atoms with Crippen molar-refractivity contribution in [3.8, 4) is 40.5 Å². The Morgan fingerprint density at radius 3 is 2.87 bits per heavy atom. The molecule has 8 nitrogen and oxygen atoms in total. The van der Waals surface area contributed by atoms with Crippen LogP contribution in [0.2, 0.25) is 0 Å². The zero-order chi connectivity index (χ0) is 22.1. The number of rotatable bonds is 5. The topological polar surface area (TPSA) is 126 Å². The molecule has 0 saturated heterocycles. The molecule has 4 N–H and O–H groups in total. The molecule has 0 aliphatic carbocycles. The number of nitrogens with one attached hydrogen (secondary N) is 1. The molecule has 1 aliphatic heterocycles. The molecule has 0 spiro atoms. The lowest BCUT2D eigenvalue weighted by Gasteiger charge is -2.25. The highest BCUT2D eigenvalue weighted by molar-refractivity contribution is 9.10. The van der Waals surface area contributed by atoms with Crippen LogP contribution in [0.15, 0.2) is 52.3 Å². The molecular weight excluding hydrogens is 464 g/mol. The zero-order valence-corrected chi connectivity index (χ0v) is 18.4. The summed E-state index contributed by atoms with van der Waals surface area (Å²) in [5, 5.41) is 27.5. The Hall–Kier alpha value is -3.64. The predicted octanol–water partition coefficient (Wildman–Crippen LogP) is 4.17. The van der Waals surface area contributed by atoms with E-state index in [0.29, 0.717) is 39.4 Å². The molecule has 1 atom stereocenters. The number of phenols is 1. The monoisotopic (exact) mass is 482 g/mol. The van der Waals surface area contributed by atoms with E-state index >= 15 is 0 Å². The minimum atomic E-state index is -0.593. The number of phenolic OH excluding ortho intramolecular Hbond substituents is 1. The number of nitrogens with zero attached hydrogens (tertiary/aromatic N) is 2. The van der Waals surface area contributed by atoms with Crippen molar-refractivity contribution in [2.45, 2.75) is 12.8 Å². The molecular formula is C22H19BrN4O4. The molecule has 9 heteroatoms. The van der Waals surface area contributed by atoms with Gasteiger partial charge < -0.3 is 25.1 Å². The van der Waals surface area contributed by atoms with E-state index in [4.69, 9.17) is 19.9 Å². The third-order valence-corrected chi connectivity index (χ3v) is 5.59. The standard InChI is InChI=1S/C22H19BrN4O4/c1-3-30-16-9-12(8-15(23)20(16)28)17-14(10-24)21(25)31-22-18(17)19(26-27-22)11-5-4-6-13(7-11)29-2/h4-9,17,28H,3,25H2,1-2H3,(H,26,27)/t17-/m1/s1. The summed E-state index contributed by atoms with van der Waals surface area (Å²) in [4.78, 5) is 0. The van der Waals surface area contributed by atoms with Gasteiger partial charge in [-0.2, -0.15) is 5.26 Å². The molecule has 1 aliphatic rings. The van der Waals surface area contributed by atoms with Crippen LogP contribution < -0.4 is 19.9 Å². The number of hydrogen-bond acceptors (Lipinski definition) is 7. The van der Waals surface area contributed by atoms with E-state index in [1.807, 2.05) is 31.2 Å². The Labute approximate surface area is 187 Å². The fourth-order valence-corrected chi connectivity index (χ4v) is 4.06. The number of aromatic amines is 1. The number of hydrogen-bond donors (Lipinski definition) is 3. The van der Waals surface area contributed by atoms with Crippen molar-refractivity contribution in [3.05, 3.63) is 63.5 Å². The second-order valence-electron chi connectivity index (χ2n) is 6.76. The second kappa shape index (κ2) is 8.24. The maximum Gasteiger partial charge on any atom is 0.244 e. The maximum absolute atomic E-state index is 10.3. The van der Waals surface area contributed by atoms with E-state index in [0.717, 1.165) is 5.56 Å². The van der Waals surface area contributed by atoms with Crippen LogP contribution in [0.3, 0.4) is 0 Å². The molecule has 158 valence electrons. The van der Waals surface area contributed by atoms with Crippen molar-refractivity contribution >= 4 is 15.9 Å². The van der Waals surface area contributed by atoms with Gasteiger partial charge in [-0.3, -0.25) is 5.10 Å². The summed E-state index contributed by atoms with van der Waals surface area (Å²) < 4.78 is 17.0. The van der Waals surface area contributed by atoms with E-state index in [9.17, 15) is 10.4 Å². The van der Waals surface area contributed by atoms with Gasteiger partial charge in [0.25, 0.3) is 0 Å². The van der Waals surface area contributed by atoms with Gasteiger partial charge in [0.15, 0.2) is 11.5 Å². The van der Waals surface area contributed by atoms with E-state index < -0.39 is 5.92 Å². The summed E-state index contributed by atoms with van der Waals surface area (Å²) in [5.74, 6) is 0.614. The van der Waals surface area contributed by atoms with Gasteiger partial charge in [-0.05, 0) is 52.7 Å². The highest BCUT2D eigenvalue weighted by atomic mass is 79.9. The van der Waals surface area contributed by atoms with Gasteiger partial charge in [0.2, 0.25) is 11.8 Å².